The van der Waals surface area contributed by atoms with Crippen LogP contribution in [0, 0.1) is 0 Å². The van der Waals surface area contributed by atoms with E-state index in [1.54, 1.807) is 16.7 Å². The van der Waals surface area contributed by atoms with E-state index in [9.17, 15) is 9.59 Å². The van der Waals surface area contributed by atoms with E-state index in [2.05, 4.69) is 5.32 Å². The highest BCUT2D eigenvalue weighted by Crippen LogP contribution is 2.28. The molecule has 0 aromatic heterocycles. The van der Waals surface area contributed by atoms with Crippen LogP contribution < -0.4 is 11.1 Å². The van der Waals surface area contributed by atoms with Gasteiger partial charge in [-0.25, -0.2) is 0 Å². The topological polar surface area (TPSA) is 75.4 Å². The third-order valence-corrected chi connectivity index (χ3v) is 4.46. The molecule has 7 heteroatoms. The minimum atomic E-state index is -0.215. The number of halogens is 1. The summed E-state index contributed by atoms with van der Waals surface area (Å²) < 4.78 is 0. The highest BCUT2D eigenvalue weighted by Gasteiger charge is 2.34. The Balaban J connectivity index is 0.00000162. The molecule has 0 atom stereocenters. The molecule has 2 rings (SSSR count). The van der Waals surface area contributed by atoms with Gasteiger partial charge in [-0.15, -0.1) is 24.2 Å². The average molecular weight is 294 g/mol. The molecule has 0 aromatic carbocycles. The van der Waals surface area contributed by atoms with Gasteiger partial charge in [0.2, 0.25) is 11.8 Å². The highest BCUT2D eigenvalue weighted by atomic mass is 35.5. The van der Waals surface area contributed by atoms with Crippen molar-refractivity contribution < 1.29 is 9.59 Å². The third kappa shape index (κ3) is 3.52. The number of hydrogen-bond acceptors (Lipinski definition) is 4. The molecule has 1 heterocycles. The number of rotatable bonds is 4. The molecular formula is C11H20ClN3O2S. The third-order valence-electron chi connectivity index (χ3n) is 3.52. The number of amides is 2. The quantitative estimate of drug-likeness (QED) is 0.783. The molecule has 3 N–H and O–H groups in total. The Hall–Kier alpha value is -0.460. The number of thioether (sulfide) groups is 1. The van der Waals surface area contributed by atoms with Crippen molar-refractivity contribution in [3.63, 3.8) is 0 Å². The molecule has 18 heavy (non-hydrogen) atoms. The fraction of sp³-hybridized carbons (Fsp3) is 0.818. The van der Waals surface area contributed by atoms with E-state index < -0.39 is 0 Å². The van der Waals surface area contributed by atoms with Crippen molar-refractivity contribution in [2.75, 3.05) is 24.7 Å². The molecule has 2 aliphatic rings. The van der Waals surface area contributed by atoms with Crippen molar-refractivity contribution in [3.05, 3.63) is 0 Å². The predicted octanol–water partition coefficient (Wildman–Crippen LogP) is 0.329. The maximum Gasteiger partial charge on any atom is 0.240 e. The number of nitrogens with one attached hydrogen (secondary N) is 1. The molecule has 0 radical (unpaired) electrons. The van der Waals surface area contributed by atoms with Gasteiger partial charge in [0.05, 0.1) is 17.2 Å². The Kier molecular flexibility index (Phi) is 5.75. The second-order valence-corrected chi connectivity index (χ2v) is 5.76. The molecule has 2 amide bonds. The van der Waals surface area contributed by atoms with Crippen LogP contribution in [0.15, 0.2) is 0 Å². The number of carbonyl (C=O) groups is 2. The highest BCUT2D eigenvalue weighted by molar-refractivity contribution is 8.00. The number of nitrogens with zero attached hydrogens (tertiary/aromatic N) is 1. The molecular weight excluding hydrogens is 274 g/mol. The maximum absolute atomic E-state index is 11.9. The van der Waals surface area contributed by atoms with Crippen LogP contribution in [0.2, 0.25) is 0 Å². The maximum atomic E-state index is 11.9. The molecule has 1 aliphatic carbocycles. The van der Waals surface area contributed by atoms with Gasteiger partial charge in [-0.1, -0.05) is 12.8 Å². The van der Waals surface area contributed by atoms with Gasteiger partial charge in [0, 0.05) is 6.54 Å². The van der Waals surface area contributed by atoms with Gasteiger partial charge in [0.15, 0.2) is 0 Å². The van der Waals surface area contributed by atoms with Crippen molar-refractivity contribution in [2.24, 2.45) is 5.73 Å². The molecule has 1 saturated carbocycles. The van der Waals surface area contributed by atoms with Gasteiger partial charge in [-0.05, 0) is 12.8 Å². The summed E-state index contributed by atoms with van der Waals surface area (Å²) in [5, 5.41) is 3.02. The van der Waals surface area contributed by atoms with E-state index in [1.807, 2.05) is 0 Å². The summed E-state index contributed by atoms with van der Waals surface area (Å²) in [6.45, 7) is 0.662. The zero-order chi connectivity index (χ0) is 12.3. The summed E-state index contributed by atoms with van der Waals surface area (Å²) in [7, 11) is 0. The molecule has 2 fully saturated rings. The van der Waals surface area contributed by atoms with Gasteiger partial charge in [0.25, 0.3) is 0 Å². The summed E-state index contributed by atoms with van der Waals surface area (Å²) in [5.74, 6) is 1.10. The molecule has 1 saturated heterocycles. The number of nitrogens with two attached hydrogens (primary N) is 1. The van der Waals surface area contributed by atoms with Crippen LogP contribution >= 0.6 is 24.2 Å². The predicted molar refractivity (Wildman–Crippen MR) is 74.7 cm³/mol. The lowest BCUT2D eigenvalue weighted by atomic mass is 9.98. The molecule has 5 nitrogen and oxygen atoms in total. The first-order valence-electron chi connectivity index (χ1n) is 6.02. The largest absolute Gasteiger partial charge is 0.348 e. The van der Waals surface area contributed by atoms with E-state index in [0.29, 0.717) is 18.2 Å². The van der Waals surface area contributed by atoms with Gasteiger partial charge < -0.3 is 16.0 Å². The standard InChI is InChI=1S/C11H19N3O2S.ClH/c12-7-11(3-1-2-4-11)13-9(15)5-14-8-17-6-10(14)16;/h1-8,12H2,(H,13,15);1H. The monoisotopic (exact) mass is 293 g/mol. The van der Waals surface area contributed by atoms with Crippen LogP contribution in [0.25, 0.3) is 0 Å². The molecule has 0 aromatic rings. The second kappa shape index (κ2) is 6.63. The fourth-order valence-corrected chi connectivity index (χ4v) is 3.38. The van der Waals surface area contributed by atoms with Crippen LogP contribution in [0.1, 0.15) is 25.7 Å². The van der Waals surface area contributed by atoms with Crippen molar-refractivity contribution >= 4 is 36.0 Å². The molecule has 104 valence electrons. The van der Waals surface area contributed by atoms with Gasteiger partial charge in [-0.2, -0.15) is 0 Å². The number of carbonyl (C=O) groups excluding carboxylic acids is 2. The van der Waals surface area contributed by atoms with Crippen molar-refractivity contribution in [1.82, 2.24) is 10.2 Å². The van der Waals surface area contributed by atoms with Crippen LogP contribution in [0.3, 0.4) is 0 Å². The lowest BCUT2D eigenvalue weighted by Gasteiger charge is -2.29. The average Bonchev–Trinajstić information content (AvgIpc) is 2.90. The Morgan fingerprint density at radius 3 is 2.61 bits per heavy atom. The van der Waals surface area contributed by atoms with E-state index in [1.165, 1.54) is 0 Å². The summed E-state index contributed by atoms with van der Waals surface area (Å²) in [5.41, 5.74) is 5.54. The smallest absolute Gasteiger partial charge is 0.240 e. The fourth-order valence-electron chi connectivity index (χ4n) is 2.48. The Morgan fingerprint density at radius 2 is 2.11 bits per heavy atom. The first-order valence-corrected chi connectivity index (χ1v) is 7.17. The second-order valence-electron chi connectivity index (χ2n) is 4.81. The molecule has 1 aliphatic heterocycles. The SMILES string of the molecule is Cl.NCC1(NC(=O)CN2CSCC2=O)CCCC1. The Morgan fingerprint density at radius 1 is 1.44 bits per heavy atom. The minimum Gasteiger partial charge on any atom is -0.348 e. The van der Waals surface area contributed by atoms with Gasteiger partial charge in [0.1, 0.15) is 6.54 Å². The Labute approximate surface area is 118 Å². The van der Waals surface area contributed by atoms with Crippen molar-refractivity contribution in [3.8, 4) is 0 Å². The van der Waals surface area contributed by atoms with Crippen LogP contribution in [-0.2, 0) is 9.59 Å². The van der Waals surface area contributed by atoms with Gasteiger partial charge in [-0.3, -0.25) is 9.59 Å². The van der Waals surface area contributed by atoms with Crippen LogP contribution in [0.5, 0.6) is 0 Å². The van der Waals surface area contributed by atoms with Gasteiger partial charge >= 0.3 is 0 Å². The normalized spacial score (nSPS) is 21.8. The number of hydrogen-bond donors (Lipinski definition) is 2. The van der Waals surface area contributed by atoms with E-state index in [0.717, 1.165) is 25.7 Å². The Bertz CT molecular complexity index is 321. The van der Waals surface area contributed by atoms with E-state index in [4.69, 9.17) is 5.73 Å². The zero-order valence-corrected chi connectivity index (χ0v) is 11.9. The van der Waals surface area contributed by atoms with Crippen molar-refractivity contribution in [1.29, 1.82) is 0 Å². The lowest BCUT2D eigenvalue weighted by Crippen LogP contribution is -2.54. The molecule has 0 unspecified atom stereocenters. The summed E-state index contributed by atoms with van der Waals surface area (Å²) in [4.78, 5) is 24.9. The summed E-state index contributed by atoms with van der Waals surface area (Å²) >= 11 is 1.55. The van der Waals surface area contributed by atoms with E-state index >= 15 is 0 Å². The first-order chi connectivity index (χ1) is 8.15. The lowest BCUT2D eigenvalue weighted by molar-refractivity contribution is -0.133. The molecule has 0 bridgehead atoms. The zero-order valence-electron chi connectivity index (χ0n) is 10.3. The summed E-state index contributed by atoms with van der Waals surface area (Å²) in [6.07, 6.45) is 4.15. The summed E-state index contributed by atoms with van der Waals surface area (Å²) in [6, 6.07) is 0. The van der Waals surface area contributed by atoms with Crippen LogP contribution in [-0.4, -0.2) is 47.0 Å². The first kappa shape index (κ1) is 15.6. The molecule has 0 spiro atoms. The van der Waals surface area contributed by atoms with Crippen LogP contribution in [0.4, 0.5) is 0 Å². The minimum absolute atomic E-state index is 0. The van der Waals surface area contributed by atoms with E-state index in [-0.39, 0.29) is 36.3 Å². The van der Waals surface area contributed by atoms with Crippen molar-refractivity contribution in [2.45, 2.75) is 31.2 Å².